The van der Waals surface area contributed by atoms with Gasteiger partial charge in [0.05, 0.1) is 15.2 Å². The number of amides is 1. The van der Waals surface area contributed by atoms with Gasteiger partial charge in [0.15, 0.2) is 0 Å². The highest BCUT2D eigenvalue weighted by molar-refractivity contribution is 7.18. The molecule has 1 aromatic heterocycles. The highest BCUT2D eigenvalue weighted by Gasteiger charge is 2.57. The molecular weight excluding hydrogens is 304 g/mol. The summed E-state index contributed by atoms with van der Waals surface area (Å²) in [6.07, 6.45) is 6.73. The number of hydrogen-bond donors (Lipinski definition) is 0. The third-order valence-corrected chi connectivity index (χ3v) is 7.34. The number of rotatable bonds is 4. The fraction of sp³-hybridized carbons (Fsp3) is 0.579. The Balaban J connectivity index is 1.16. The van der Waals surface area contributed by atoms with Gasteiger partial charge >= 0.3 is 0 Å². The molecule has 0 N–H and O–H groups in total. The molecule has 0 unspecified atom stereocenters. The number of benzene rings is 1. The van der Waals surface area contributed by atoms with E-state index < -0.39 is 0 Å². The van der Waals surface area contributed by atoms with Crippen molar-refractivity contribution in [2.24, 2.45) is 17.8 Å². The fourth-order valence-corrected chi connectivity index (χ4v) is 6.17. The van der Waals surface area contributed by atoms with Crippen LogP contribution in [0.2, 0.25) is 0 Å². The fourth-order valence-electron chi connectivity index (χ4n) is 5.16. The molecule has 1 aromatic carbocycles. The third-order valence-electron chi connectivity index (χ3n) is 6.25. The minimum atomic E-state index is 0.389. The van der Waals surface area contributed by atoms with Crippen LogP contribution in [0.1, 0.15) is 37.1 Å². The van der Waals surface area contributed by atoms with Gasteiger partial charge in [-0.2, -0.15) is 0 Å². The van der Waals surface area contributed by atoms with E-state index in [1.54, 1.807) is 11.3 Å². The molecule has 4 atom stereocenters. The van der Waals surface area contributed by atoms with Crippen LogP contribution in [0, 0.1) is 17.8 Å². The lowest BCUT2D eigenvalue weighted by Gasteiger charge is -2.50. The van der Waals surface area contributed by atoms with Gasteiger partial charge < -0.3 is 4.90 Å². The molecule has 1 saturated heterocycles. The minimum Gasteiger partial charge on any atom is -0.339 e. The van der Waals surface area contributed by atoms with Gasteiger partial charge in [0, 0.05) is 24.9 Å². The molecule has 3 fully saturated rings. The van der Waals surface area contributed by atoms with Gasteiger partial charge in [0.25, 0.3) is 0 Å². The van der Waals surface area contributed by atoms with E-state index in [4.69, 9.17) is 0 Å². The largest absolute Gasteiger partial charge is 0.339 e. The smallest absolute Gasteiger partial charge is 0.222 e. The van der Waals surface area contributed by atoms with Gasteiger partial charge in [0.1, 0.15) is 0 Å². The zero-order valence-electron chi connectivity index (χ0n) is 13.3. The molecule has 2 bridgehead atoms. The van der Waals surface area contributed by atoms with Crippen molar-refractivity contribution in [2.75, 3.05) is 6.54 Å². The molecule has 0 spiro atoms. The summed E-state index contributed by atoms with van der Waals surface area (Å²) in [5.74, 6) is 3.01. The molecule has 5 rings (SSSR count). The molecule has 1 aliphatic heterocycles. The predicted octanol–water partition coefficient (Wildman–Crippen LogP) is 3.88. The number of carbonyl (C=O) groups is 1. The summed E-state index contributed by atoms with van der Waals surface area (Å²) in [5.41, 5.74) is 1.09. The second-order valence-electron chi connectivity index (χ2n) is 7.46. The van der Waals surface area contributed by atoms with E-state index in [0.29, 0.717) is 18.4 Å². The Morgan fingerprint density at radius 2 is 2.13 bits per heavy atom. The Kier molecular flexibility index (Phi) is 3.22. The van der Waals surface area contributed by atoms with Crippen LogP contribution in [0.3, 0.4) is 0 Å². The van der Waals surface area contributed by atoms with Gasteiger partial charge in [-0.15, -0.1) is 11.3 Å². The van der Waals surface area contributed by atoms with Gasteiger partial charge in [-0.25, -0.2) is 4.98 Å². The van der Waals surface area contributed by atoms with Crippen LogP contribution in [0.5, 0.6) is 0 Å². The van der Waals surface area contributed by atoms with Crippen molar-refractivity contribution in [2.45, 2.75) is 44.6 Å². The summed E-state index contributed by atoms with van der Waals surface area (Å²) in [6.45, 7) is 1.05. The molecule has 1 amide bonds. The van der Waals surface area contributed by atoms with Gasteiger partial charge in [-0.1, -0.05) is 12.1 Å². The number of nitrogens with zero attached hydrogens (tertiary/aromatic N) is 2. The molecule has 3 nitrogen and oxygen atoms in total. The van der Waals surface area contributed by atoms with Crippen molar-refractivity contribution in [3.63, 3.8) is 0 Å². The van der Waals surface area contributed by atoms with E-state index in [1.165, 1.54) is 29.0 Å². The number of para-hydroxylation sites is 1. The van der Waals surface area contributed by atoms with Crippen LogP contribution in [-0.4, -0.2) is 28.4 Å². The number of thiazole rings is 1. The number of fused-ring (bicyclic) bond motifs is 6. The van der Waals surface area contributed by atoms with Gasteiger partial charge in [0.2, 0.25) is 5.91 Å². The SMILES string of the molecule is O=C(CCCc1nc2ccccc2s1)N1C[C@@H]2[C@H]3CC[C@@H](C3)[C@@H]21. The average molecular weight is 326 g/mol. The van der Waals surface area contributed by atoms with E-state index in [2.05, 4.69) is 28.1 Å². The van der Waals surface area contributed by atoms with E-state index >= 15 is 0 Å². The van der Waals surface area contributed by atoms with Crippen molar-refractivity contribution in [1.82, 2.24) is 9.88 Å². The Bertz CT molecular complexity index is 720. The lowest BCUT2D eigenvalue weighted by molar-refractivity contribution is -0.147. The molecule has 2 saturated carbocycles. The Hall–Kier alpha value is -1.42. The van der Waals surface area contributed by atoms with E-state index in [0.717, 1.165) is 42.7 Å². The van der Waals surface area contributed by atoms with E-state index in [-0.39, 0.29) is 0 Å². The van der Waals surface area contributed by atoms with Gasteiger partial charge in [-0.05, 0) is 56.1 Å². The Morgan fingerprint density at radius 1 is 1.26 bits per heavy atom. The molecular formula is C19H22N2OS. The lowest BCUT2D eigenvalue weighted by Crippen LogP contribution is -2.60. The van der Waals surface area contributed by atoms with E-state index in [9.17, 15) is 4.79 Å². The number of hydrogen-bond acceptors (Lipinski definition) is 3. The average Bonchev–Trinajstić information content (AvgIpc) is 3.18. The summed E-state index contributed by atoms with van der Waals surface area (Å²) in [4.78, 5) is 19.4. The minimum absolute atomic E-state index is 0.389. The van der Waals surface area contributed by atoms with Crippen LogP contribution in [-0.2, 0) is 11.2 Å². The number of aryl methyl sites for hydroxylation is 1. The van der Waals surface area contributed by atoms with Crippen LogP contribution >= 0.6 is 11.3 Å². The zero-order chi connectivity index (χ0) is 15.4. The van der Waals surface area contributed by atoms with Crippen molar-refractivity contribution >= 4 is 27.5 Å². The van der Waals surface area contributed by atoms with Crippen molar-refractivity contribution in [1.29, 1.82) is 0 Å². The maximum atomic E-state index is 12.5. The van der Waals surface area contributed by atoms with E-state index in [1.807, 2.05) is 6.07 Å². The van der Waals surface area contributed by atoms with Crippen LogP contribution < -0.4 is 0 Å². The Labute approximate surface area is 140 Å². The van der Waals surface area contributed by atoms with Crippen molar-refractivity contribution in [3.8, 4) is 0 Å². The molecule has 2 aromatic rings. The van der Waals surface area contributed by atoms with Crippen LogP contribution in [0.4, 0.5) is 0 Å². The van der Waals surface area contributed by atoms with Crippen LogP contribution in [0.25, 0.3) is 10.2 Å². The number of carbonyl (C=O) groups excluding carboxylic acids is 1. The van der Waals surface area contributed by atoms with Crippen molar-refractivity contribution in [3.05, 3.63) is 29.3 Å². The highest BCUT2D eigenvalue weighted by atomic mass is 32.1. The maximum absolute atomic E-state index is 12.5. The number of aromatic nitrogens is 1. The normalized spacial score (nSPS) is 31.4. The quantitative estimate of drug-likeness (QED) is 0.854. The highest BCUT2D eigenvalue weighted by Crippen LogP contribution is 2.55. The third kappa shape index (κ3) is 2.22. The second-order valence-corrected chi connectivity index (χ2v) is 8.58. The first-order chi connectivity index (χ1) is 11.3. The first-order valence-electron chi connectivity index (χ1n) is 8.93. The summed E-state index contributed by atoms with van der Waals surface area (Å²) in [7, 11) is 0. The van der Waals surface area contributed by atoms with Crippen LogP contribution in [0.15, 0.2) is 24.3 Å². The first-order valence-corrected chi connectivity index (χ1v) is 9.75. The molecule has 3 aliphatic rings. The molecule has 23 heavy (non-hydrogen) atoms. The number of likely N-dealkylation sites (tertiary alicyclic amines) is 1. The summed E-state index contributed by atoms with van der Waals surface area (Å²) in [6, 6.07) is 8.89. The molecule has 2 heterocycles. The zero-order valence-corrected chi connectivity index (χ0v) is 14.1. The molecule has 2 aliphatic carbocycles. The molecule has 4 heteroatoms. The molecule has 0 radical (unpaired) electrons. The predicted molar refractivity (Wildman–Crippen MR) is 92.4 cm³/mol. The standard InChI is InChI=1S/C19H22N2OS/c22-18(21-11-14-12-8-9-13(10-12)19(14)21)7-3-6-17-20-15-4-1-2-5-16(15)23-17/h1-2,4-5,12-14,19H,3,6-11H2/t12-,13-,14+,19-/m0/s1. The second kappa shape index (κ2) is 5.30. The maximum Gasteiger partial charge on any atom is 0.222 e. The summed E-state index contributed by atoms with van der Waals surface area (Å²) < 4.78 is 1.25. The monoisotopic (exact) mass is 326 g/mol. The lowest BCUT2D eigenvalue weighted by atomic mass is 9.76. The summed E-state index contributed by atoms with van der Waals surface area (Å²) in [5, 5.41) is 1.17. The first kappa shape index (κ1) is 14.0. The van der Waals surface area contributed by atoms with Gasteiger partial charge in [-0.3, -0.25) is 4.79 Å². The Morgan fingerprint density at radius 3 is 3.00 bits per heavy atom. The summed E-state index contributed by atoms with van der Waals surface area (Å²) >= 11 is 1.77. The molecule has 120 valence electrons. The van der Waals surface area contributed by atoms with Crippen molar-refractivity contribution < 1.29 is 4.79 Å². The topological polar surface area (TPSA) is 33.2 Å².